The first kappa shape index (κ1) is 14.5. The van der Waals surface area contributed by atoms with E-state index in [4.69, 9.17) is 0 Å². The van der Waals surface area contributed by atoms with E-state index in [1.807, 2.05) is 11.7 Å². The first-order chi connectivity index (χ1) is 8.45. The standard InChI is InChI=1S/C13H25N5/c1-9(2)16-13(14-5)15-8-7-12-10(3)17-18(6)11(12)4/h9H,7-8H2,1-6H3,(H2,14,15,16). The first-order valence-corrected chi connectivity index (χ1v) is 6.42. The van der Waals surface area contributed by atoms with Crippen molar-refractivity contribution in [3.8, 4) is 0 Å². The number of rotatable bonds is 4. The molecule has 0 bridgehead atoms. The van der Waals surface area contributed by atoms with Crippen LogP contribution in [-0.4, -0.2) is 35.4 Å². The van der Waals surface area contributed by atoms with Crippen LogP contribution in [0.2, 0.25) is 0 Å². The van der Waals surface area contributed by atoms with Crippen molar-refractivity contribution in [2.24, 2.45) is 12.0 Å². The van der Waals surface area contributed by atoms with E-state index in [0.29, 0.717) is 6.04 Å². The molecule has 1 rings (SSSR count). The summed E-state index contributed by atoms with van der Waals surface area (Å²) >= 11 is 0. The van der Waals surface area contributed by atoms with E-state index in [2.05, 4.69) is 48.4 Å². The van der Waals surface area contributed by atoms with Crippen LogP contribution in [0.15, 0.2) is 4.99 Å². The molecule has 18 heavy (non-hydrogen) atoms. The molecule has 0 aliphatic carbocycles. The fourth-order valence-corrected chi connectivity index (χ4v) is 1.95. The Morgan fingerprint density at radius 3 is 2.50 bits per heavy atom. The highest BCUT2D eigenvalue weighted by Crippen LogP contribution is 2.11. The Bertz CT molecular complexity index is 417. The zero-order valence-corrected chi connectivity index (χ0v) is 12.3. The molecule has 0 aromatic carbocycles. The summed E-state index contributed by atoms with van der Waals surface area (Å²) in [6.45, 7) is 9.23. The molecule has 5 heteroatoms. The van der Waals surface area contributed by atoms with E-state index in [1.165, 1.54) is 11.3 Å². The number of nitrogens with one attached hydrogen (secondary N) is 2. The highest BCUT2D eigenvalue weighted by molar-refractivity contribution is 5.79. The maximum absolute atomic E-state index is 4.42. The van der Waals surface area contributed by atoms with Crippen LogP contribution in [0.5, 0.6) is 0 Å². The topological polar surface area (TPSA) is 54.2 Å². The second-order valence-electron chi connectivity index (χ2n) is 4.82. The summed E-state index contributed by atoms with van der Waals surface area (Å²) in [6, 6.07) is 0.387. The van der Waals surface area contributed by atoms with Crippen LogP contribution in [0.4, 0.5) is 0 Å². The van der Waals surface area contributed by atoms with Gasteiger partial charge in [-0.1, -0.05) is 0 Å². The Morgan fingerprint density at radius 2 is 2.06 bits per heavy atom. The Balaban J connectivity index is 2.51. The second-order valence-corrected chi connectivity index (χ2v) is 4.82. The summed E-state index contributed by atoms with van der Waals surface area (Å²) in [6.07, 6.45) is 0.963. The van der Waals surface area contributed by atoms with Gasteiger partial charge in [-0.3, -0.25) is 9.67 Å². The monoisotopic (exact) mass is 251 g/mol. The summed E-state index contributed by atoms with van der Waals surface area (Å²) in [5.74, 6) is 0.851. The zero-order chi connectivity index (χ0) is 13.7. The molecule has 0 aliphatic rings. The van der Waals surface area contributed by atoms with E-state index in [0.717, 1.165) is 24.6 Å². The van der Waals surface area contributed by atoms with Gasteiger partial charge >= 0.3 is 0 Å². The van der Waals surface area contributed by atoms with Crippen LogP contribution >= 0.6 is 0 Å². The van der Waals surface area contributed by atoms with Crippen LogP contribution in [0.1, 0.15) is 30.8 Å². The molecule has 0 atom stereocenters. The molecule has 0 amide bonds. The molecular formula is C13H25N5. The van der Waals surface area contributed by atoms with E-state index in [9.17, 15) is 0 Å². The molecule has 0 saturated heterocycles. The minimum atomic E-state index is 0.387. The molecule has 1 heterocycles. The van der Waals surface area contributed by atoms with Crippen LogP contribution in [-0.2, 0) is 13.5 Å². The normalized spacial score (nSPS) is 12.1. The van der Waals surface area contributed by atoms with Gasteiger partial charge in [0.15, 0.2) is 5.96 Å². The molecule has 2 N–H and O–H groups in total. The lowest BCUT2D eigenvalue weighted by atomic mass is 10.1. The van der Waals surface area contributed by atoms with Gasteiger partial charge in [-0.15, -0.1) is 0 Å². The zero-order valence-electron chi connectivity index (χ0n) is 12.3. The number of hydrogen-bond acceptors (Lipinski definition) is 2. The lowest BCUT2D eigenvalue weighted by Crippen LogP contribution is -2.41. The van der Waals surface area contributed by atoms with Gasteiger partial charge in [-0.2, -0.15) is 5.10 Å². The average molecular weight is 251 g/mol. The predicted octanol–water partition coefficient (Wildman–Crippen LogP) is 1.15. The molecule has 0 aliphatic heterocycles. The van der Waals surface area contributed by atoms with Crippen molar-refractivity contribution in [1.82, 2.24) is 20.4 Å². The molecule has 1 aromatic heterocycles. The third-order valence-electron chi connectivity index (χ3n) is 2.98. The molecule has 0 radical (unpaired) electrons. The van der Waals surface area contributed by atoms with E-state index in [1.54, 1.807) is 7.05 Å². The molecule has 0 unspecified atom stereocenters. The highest BCUT2D eigenvalue weighted by Gasteiger charge is 2.09. The summed E-state index contributed by atoms with van der Waals surface area (Å²) < 4.78 is 1.94. The highest BCUT2D eigenvalue weighted by atomic mass is 15.3. The van der Waals surface area contributed by atoms with Crippen LogP contribution in [0, 0.1) is 13.8 Å². The first-order valence-electron chi connectivity index (χ1n) is 6.42. The van der Waals surface area contributed by atoms with Gasteiger partial charge in [-0.05, 0) is 39.7 Å². The second kappa shape index (κ2) is 6.42. The molecule has 0 fully saturated rings. The molecule has 0 saturated carbocycles. The van der Waals surface area contributed by atoms with Gasteiger partial charge in [0.1, 0.15) is 0 Å². The van der Waals surface area contributed by atoms with E-state index < -0.39 is 0 Å². The molecule has 1 aromatic rings. The van der Waals surface area contributed by atoms with Crippen LogP contribution < -0.4 is 10.6 Å². The van der Waals surface area contributed by atoms with E-state index in [-0.39, 0.29) is 0 Å². The Hall–Kier alpha value is -1.52. The molecule has 102 valence electrons. The minimum Gasteiger partial charge on any atom is -0.356 e. The SMILES string of the molecule is CN=C(NCCc1c(C)nn(C)c1C)NC(C)C. The summed E-state index contributed by atoms with van der Waals surface area (Å²) in [5.41, 5.74) is 3.68. The van der Waals surface area contributed by atoms with Crippen molar-refractivity contribution in [1.29, 1.82) is 0 Å². The lowest BCUT2D eigenvalue weighted by Gasteiger charge is -2.14. The average Bonchev–Trinajstić information content (AvgIpc) is 2.53. The smallest absolute Gasteiger partial charge is 0.191 e. The van der Waals surface area contributed by atoms with Crippen molar-refractivity contribution in [3.05, 3.63) is 17.0 Å². The number of aryl methyl sites for hydroxylation is 2. The lowest BCUT2D eigenvalue weighted by molar-refractivity contribution is 0.696. The van der Waals surface area contributed by atoms with Gasteiger partial charge in [0, 0.05) is 32.4 Å². The fourth-order valence-electron chi connectivity index (χ4n) is 1.95. The van der Waals surface area contributed by atoms with E-state index >= 15 is 0 Å². The Morgan fingerprint density at radius 1 is 1.39 bits per heavy atom. The van der Waals surface area contributed by atoms with Gasteiger partial charge in [0.25, 0.3) is 0 Å². The predicted molar refractivity (Wildman–Crippen MR) is 76.0 cm³/mol. The van der Waals surface area contributed by atoms with Crippen LogP contribution in [0.3, 0.4) is 0 Å². The number of nitrogens with zero attached hydrogens (tertiary/aromatic N) is 3. The Kier molecular flexibility index (Phi) is 5.19. The maximum atomic E-state index is 4.42. The van der Waals surface area contributed by atoms with Crippen molar-refractivity contribution in [3.63, 3.8) is 0 Å². The molecular weight excluding hydrogens is 226 g/mol. The maximum Gasteiger partial charge on any atom is 0.191 e. The van der Waals surface area contributed by atoms with Gasteiger partial charge in [0.05, 0.1) is 5.69 Å². The Labute approximate surface area is 110 Å². The van der Waals surface area contributed by atoms with Crippen molar-refractivity contribution >= 4 is 5.96 Å². The largest absolute Gasteiger partial charge is 0.356 e. The summed E-state index contributed by atoms with van der Waals surface area (Å²) in [4.78, 5) is 4.18. The number of hydrogen-bond donors (Lipinski definition) is 2. The third-order valence-corrected chi connectivity index (χ3v) is 2.98. The summed E-state index contributed by atoms with van der Waals surface area (Å²) in [5, 5.41) is 11.0. The fraction of sp³-hybridized carbons (Fsp3) is 0.692. The van der Waals surface area contributed by atoms with Gasteiger partial charge in [0.2, 0.25) is 0 Å². The molecule has 5 nitrogen and oxygen atoms in total. The molecule has 0 spiro atoms. The minimum absolute atomic E-state index is 0.387. The summed E-state index contributed by atoms with van der Waals surface area (Å²) in [7, 11) is 3.77. The van der Waals surface area contributed by atoms with Gasteiger partial charge < -0.3 is 10.6 Å². The van der Waals surface area contributed by atoms with Crippen molar-refractivity contribution in [2.45, 2.75) is 40.2 Å². The van der Waals surface area contributed by atoms with Crippen molar-refractivity contribution in [2.75, 3.05) is 13.6 Å². The quantitative estimate of drug-likeness (QED) is 0.623. The van der Waals surface area contributed by atoms with Crippen molar-refractivity contribution < 1.29 is 0 Å². The number of aromatic nitrogens is 2. The third kappa shape index (κ3) is 3.75. The number of aliphatic imine (C=N–C) groups is 1. The van der Waals surface area contributed by atoms with Gasteiger partial charge in [-0.25, -0.2) is 0 Å². The number of guanidine groups is 1. The van der Waals surface area contributed by atoms with Crippen LogP contribution in [0.25, 0.3) is 0 Å².